The van der Waals surface area contributed by atoms with Crippen molar-refractivity contribution in [3.63, 3.8) is 0 Å². The molecular weight excluding hydrogens is 368 g/mol. The molecule has 1 rings (SSSR count). The fourth-order valence-electron chi connectivity index (χ4n) is 2.57. The summed E-state index contributed by atoms with van der Waals surface area (Å²) in [7, 11) is 0. The molecule has 1 aliphatic rings. The summed E-state index contributed by atoms with van der Waals surface area (Å²) in [6, 6.07) is 0. The molecular formula is C12H16BrF6NO. The van der Waals surface area contributed by atoms with Crippen molar-refractivity contribution in [2.45, 2.75) is 38.0 Å². The average molecular weight is 384 g/mol. The second kappa shape index (κ2) is 7.19. The normalized spacial score (nSPS) is 24.2. The van der Waals surface area contributed by atoms with Gasteiger partial charge in [0, 0.05) is 11.9 Å². The lowest BCUT2D eigenvalue weighted by Gasteiger charge is -2.31. The summed E-state index contributed by atoms with van der Waals surface area (Å²) in [5.74, 6) is -5.91. The maximum atomic E-state index is 12.4. The van der Waals surface area contributed by atoms with Gasteiger partial charge in [0.25, 0.3) is 0 Å². The molecule has 0 aliphatic heterocycles. The van der Waals surface area contributed by atoms with E-state index in [1.54, 1.807) is 0 Å². The fourth-order valence-corrected chi connectivity index (χ4v) is 3.43. The highest BCUT2D eigenvalue weighted by molar-refractivity contribution is 9.09. The molecule has 9 heteroatoms. The number of rotatable bonds is 4. The number of nitrogens with one attached hydrogen (secondary N) is 1. The summed E-state index contributed by atoms with van der Waals surface area (Å²) < 4.78 is 74.3. The predicted octanol–water partition coefficient (Wildman–Crippen LogP) is 4.04. The van der Waals surface area contributed by atoms with Gasteiger partial charge in [-0.1, -0.05) is 28.8 Å². The van der Waals surface area contributed by atoms with Gasteiger partial charge < -0.3 is 5.32 Å². The molecule has 1 amide bonds. The standard InChI is InChI=1S/C12H16BrF6NO/c13-5-7-3-1-2-4-8(7)6-20-10(21)9(11(14,15)16)12(17,18)19/h7-9H,1-6H2,(H,20,21). The lowest BCUT2D eigenvalue weighted by Crippen LogP contribution is -2.49. The fraction of sp³-hybridized carbons (Fsp3) is 0.917. The molecule has 21 heavy (non-hydrogen) atoms. The van der Waals surface area contributed by atoms with Crippen LogP contribution in [0.5, 0.6) is 0 Å². The summed E-state index contributed by atoms with van der Waals surface area (Å²) in [6.07, 6.45) is -7.87. The molecule has 0 saturated heterocycles. The summed E-state index contributed by atoms with van der Waals surface area (Å²) in [4.78, 5) is 11.3. The van der Waals surface area contributed by atoms with Crippen LogP contribution in [-0.4, -0.2) is 30.1 Å². The average Bonchev–Trinajstić information content (AvgIpc) is 2.33. The van der Waals surface area contributed by atoms with Crippen LogP contribution in [0.3, 0.4) is 0 Å². The maximum absolute atomic E-state index is 12.4. The smallest absolute Gasteiger partial charge is 0.355 e. The predicted molar refractivity (Wildman–Crippen MR) is 67.9 cm³/mol. The topological polar surface area (TPSA) is 29.1 Å². The Bertz CT molecular complexity index is 343. The summed E-state index contributed by atoms with van der Waals surface area (Å²) in [5, 5.41) is 2.45. The molecule has 0 aromatic rings. The van der Waals surface area contributed by atoms with Crippen LogP contribution in [0.2, 0.25) is 0 Å². The van der Waals surface area contributed by atoms with E-state index in [-0.39, 0.29) is 18.4 Å². The molecule has 0 radical (unpaired) electrons. The lowest BCUT2D eigenvalue weighted by molar-refractivity contribution is -0.274. The van der Waals surface area contributed by atoms with E-state index in [0.29, 0.717) is 11.8 Å². The monoisotopic (exact) mass is 383 g/mol. The van der Waals surface area contributed by atoms with Gasteiger partial charge in [0.05, 0.1) is 0 Å². The second-order valence-corrected chi connectivity index (χ2v) is 5.87. The van der Waals surface area contributed by atoms with Crippen molar-refractivity contribution in [3.05, 3.63) is 0 Å². The third-order valence-electron chi connectivity index (χ3n) is 3.72. The van der Waals surface area contributed by atoms with Crippen LogP contribution in [0.1, 0.15) is 25.7 Å². The quantitative estimate of drug-likeness (QED) is 0.575. The maximum Gasteiger partial charge on any atom is 0.409 e. The Balaban J connectivity index is 2.66. The van der Waals surface area contributed by atoms with Crippen molar-refractivity contribution in [1.29, 1.82) is 0 Å². The Morgan fingerprint density at radius 1 is 1.05 bits per heavy atom. The summed E-state index contributed by atoms with van der Waals surface area (Å²) in [6.45, 7) is -0.155. The minimum absolute atomic E-state index is 0.0933. The Morgan fingerprint density at radius 2 is 1.52 bits per heavy atom. The molecule has 1 saturated carbocycles. The van der Waals surface area contributed by atoms with Crippen LogP contribution >= 0.6 is 15.9 Å². The van der Waals surface area contributed by atoms with Crippen LogP contribution < -0.4 is 5.32 Å². The molecule has 1 N–H and O–H groups in total. The molecule has 0 heterocycles. The highest BCUT2D eigenvalue weighted by Crippen LogP contribution is 2.39. The molecule has 124 valence electrons. The molecule has 0 aromatic heterocycles. The van der Waals surface area contributed by atoms with Gasteiger partial charge in [0.15, 0.2) is 0 Å². The highest BCUT2D eigenvalue weighted by Gasteiger charge is 2.61. The number of halogens is 7. The van der Waals surface area contributed by atoms with E-state index in [4.69, 9.17) is 0 Å². The Labute approximate surface area is 126 Å². The molecule has 0 spiro atoms. The first-order valence-corrected chi connectivity index (χ1v) is 7.66. The first-order valence-electron chi connectivity index (χ1n) is 6.54. The lowest BCUT2D eigenvalue weighted by atomic mass is 9.80. The summed E-state index contributed by atoms with van der Waals surface area (Å²) >= 11 is 3.28. The zero-order valence-corrected chi connectivity index (χ0v) is 12.6. The van der Waals surface area contributed by atoms with E-state index in [2.05, 4.69) is 15.9 Å². The van der Waals surface area contributed by atoms with Crippen LogP contribution in [-0.2, 0) is 4.79 Å². The van der Waals surface area contributed by atoms with Gasteiger partial charge in [-0.3, -0.25) is 4.79 Å². The third-order valence-corrected chi connectivity index (χ3v) is 4.55. The van der Waals surface area contributed by atoms with E-state index in [1.165, 1.54) is 0 Å². The highest BCUT2D eigenvalue weighted by atomic mass is 79.9. The van der Waals surface area contributed by atoms with Crippen molar-refractivity contribution in [2.24, 2.45) is 17.8 Å². The van der Waals surface area contributed by atoms with Gasteiger partial charge >= 0.3 is 12.4 Å². The molecule has 2 atom stereocenters. The third kappa shape index (κ3) is 5.34. The largest absolute Gasteiger partial charge is 0.409 e. The molecule has 2 unspecified atom stereocenters. The van der Waals surface area contributed by atoms with Crippen molar-refractivity contribution in [3.8, 4) is 0 Å². The van der Waals surface area contributed by atoms with Gasteiger partial charge in [0.2, 0.25) is 11.8 Å². The number of carbonyl (C=O) groups excluding carboxylic acids is 1. The zero-order valence-electron chi connectivity index (χ0n) is 11.0. The van der Waals surface area contributed by atoms with E-state index < -0.39 is 24.2 Å². The van der Waals surface area contributed by atoms with Gasteiger partial charge in [-0.25, -0.2) is 0 Å². The van der Waals surface area contributed by atoms with Gasteiger partial charge in [0.1, 0.15) is 0 Å². The first kappa shape index (κ1) is 18.6. The van der Waals surface area contributed by atoms with Crippen molar-refractivity contribution < 1.29 is 31.1 Å². The number of alkyl halides is 7. The van der Waals surface area contributed by atoms with E-state index in [1.807, 2.05) is 5.32 Å². The van der Waals surface area contributed by atoms with Crippen molar-refractivity contribution in [1.82, 2.24) is 5.32 Å². The van der Waals surface area contributed by atoms with E-state index >= 15 is 0 Å². The summed E-state index contributed by atoms with van der Waals surface area (Å²) in [5.41, 5.74) is 0. The number of hydrogen-bond acceptors (Lipinski definition) is 1. The molecule has 1 aliphatic carbocycles. The molecule has 1 fully saturated rings. The van der Waals surface area contributed by atoms with Gasteiger partial charge in [-0.05, 0) is 24.7 Å². The number of carbonyl (C=O) groups is 1. The van der Waals surface area contributed by atoms with Crippen molar-refractivity contribution >= 4 is 21.8 Å². The Hall–Kier alpha value is -0.470. The first-order chi connectivity index (χ1) is 9.57. The minimum Gasteiger partial charge on any atom is -0.355 e. The second-order valence-electron chi connectivity index (χ2n) is 5.22. The zero-order chi connectivity index (χ0) is 16.3. The Kier molecular flexibility index (Phi) is 6.36. The van der Waals surface area contributed by atoms with Crippen LogP contribution in [0, 0.1) is 17.8 Å². The molecule has 0 bridgehead atoms. The van der Waals surface area contributed by atoms with Gasteiger partial charge in [-0.2, -0.15) is 26.3 Å². The van der Waals surface area contributed by atoms with Crippen LogP contribution in [0.25, 0.3) is 0 Å². The minimum atomic E-state index is -5.64. The number of amides is 1. The van der Waals surface area contributed by atoms with Crippen molar-refractivity contribution in [2.75, 3.05) is 11.9 Å². The molecule has 0 aromatic carbocycles. The SMILES string of the molecule is O=C(NCC1CCCCC1CBr)C(C(F)(F)F)C(F)(F)F. The van der Waals surface area contributed by atoms with E-state index in [0.717, 1.165) is 19.3 Å². The van der Waals surface area contributed by atoms with Gasteiger partial charge in [-0.15, -0.1) is 0 Å². The molecule has 2 nitrogen and oxygen atoms in total. The van der Waals surface area contributed by atoms with Crippen LogP contribution in [0.15, 0.2) is 0 Å². The van der Waals surface area contributed by atoms with Crippen LogP contribution in [0.4, 0.5) is 26.3 Å². The number of hydrogen-bond donors (Lipinski definition) is 1. The Morgan fingerprint density at radius 3 is 1.95 bits per heavy atom. The van der Waals surface area contributed by atoms with E-state index in [9.17, 15) is 31.1 Å².